The molecule has 0 spiro atoms. The van der Waals surface area contributed by atoms with E-state index in [4.69, 9.17) is 0 Å². The number of rotatable bonds is 6. The van der Waals surface area contributed by atoms with E-state index in [2.05, 4.69) is 22.2 Å². The van der Waals surface area contributed by atoms with Crippen molar-refractivity contribution in [1.82, 2.24) is 10.0 Å². The van der Waals surface area contributed by atoms with Crippen LogP contribution < -0.4 is 10.0 Å². The second-order valence-electron chi connectivity index (χ2n) is 6.21. The highest BCUT2D eigenvalue weighted by molar-refractivity contribution is 7.89. The second kappa shape index (κ2) is 7.77. The first-order valence-corrected chi connectivity index (χ1v) is 9.58. The first-order chi connectivity index (χ1) is 10.1. The molecule has 1 aliphatic heterocycles. The average Bonchev–Trinajstić information content (AvgIpc) is 2.43. The van der Waals surface area contributed by atoms with Crippen molar-refractivity contribution in [3.05, 3.63) is 35.4 Å². The highest BCUT2D eigenvalue weighted by Gasteiger charge is 2.23. The predicted molar refractivity (Wildman–Crippen MR) is 91.9 cm³/mol. The molecule has 1 aliphatic carbocycles. The largest absolute Gasteiger partial charge is 0.308 e. The van der Waals surface area contributed by atoms with Gasteiger partial charge < -0.3 is 5.32 Å². The topological polar surface area (TPSA) is 58.2 Å². The molecule has 0 bridgehead atoms. The van der Waals surface area contributed by atoms with E-state index in [0.717, 1.165) is 19.4 Å². The Morgan fingerprint density at radius 1 is 1.23 bits per heavy atom. The van der Waals surface area contributed by atoms with E-state index in [1.165, 1.54) is 30.4 Å². The van der Waals surface area contributed by atoms with Gasteiger partial charge in [0.05, 0.1) is 5.75 Å². The third kappa shape index (κ3) is 4.44. The maximum Gasteiger partial charge on any atom is 0.211 e. The van der Waals surface area contributed by atoms with Crippen molar-refractivity contribution in [1.29, 1.82) is 0 Å². The minimum atomic E-state index is -3.14. The van der Waals surface area contributed by atoms with Crippen molar-refractivity contribution in [3.8, 4) is 0 Å². The van der Waals surface area contributed by atoms with Crippen molar-refractivity contribution in [2.75, 3.05) is 18.8 Å². The van der Waals surface area contributed by atoms with E-state index in [1.54, 1.807) is 0 Å². The van der Waals surface area contributed by atoms with Crippen LogP contribution in [0.1, 0.15) is 42.9 Å². The van der Waals surface area contributed by atoms with Crippen LogP contribution in [-0.2, 0) is 16.4 Å². The zero-order valence-corrected chi connectivity index (χ0v) is 14.4. The van der Waals surface area contributed by atoms with Crippen molar-refractivity contribution in [2.45, 2.75) is 38.1 Å². The van der Waals surface area contributed by atoms with E-state index in [0.29, 0.717) is 12.5 Å². The SMILES string of the molecule is Cl.O=S(=O)(CCC1CCC1)NCC1NCCc2ccccc21. The molecule has 22 heavy (non-hydrogen) atoms. The molecule has 124 valence electrons. The minimum absolute atomic E-state index is 0. The molecule has 4 nitrogen and oxygen atoms in total. The zero-order chi connectivity index (χ0) is 14.7. The van der Waals surface area contributed by atoms with E-state index < -0.39 is 10.0 Å². The standard InChI is InChI=1S/C16H24N2O2S.ClH/c19-21(20,11-9-13-4-3-5-13)18-12-16-15-7-2-1-6-14(15)8-10-17-16;/h1-2,6-7,13,16-18H,3-5,8-12H2;1H. The van der Waals surface area contributed by atoms with Gasteiger partial charge in [-0.2, -0.15) is 0 Å². The number of halogens is 1. The Bertz CT molecular complexity index is 588. The summed E-state index contributed by atoms with van der Waals surface area (Å²) in [5.74, 6) is 0.904. The van der Waals surface area contributed by atoms with Crippen molar-refractivity contribution in [3.63, 3.8) is 0 Å². The molecule has 1 heterocycles. The van der Waals surface area contributed by atoms with E-state index in [9.17, 15) is 8.42 Å². The summed E-state index contributed by atoms with van der Waals surface area (Å²) in [6.45, 7) is 1.36. The monoisotopic (exact) mass is 344 g/mol. The molecular weight excluding hydrogens is 320 g/mol. The molecule has 1 aromatic carbocycles. The summed E-state index contributed by atoms with van der Waals surface area (Å²) < 4.78 is 27.0. The van der Waals surface area contributed by atoms with Gasteiger partial charge in [-0.3, -0.25) is 0 Å². The van der Waals surface area contributed by atoms with Crippen LogP contribution in [0.3, 0.4) is 0 Å². The Hall–Kier alpha value is -0.620. The van der Waals surface area contributed by atoms with E-state index in [1.807, 2.05) is 12.1 Å². The Labute approximate surface area is 139 Å². The van der Waals surface area contributed by atoms with Gasteiger partial charge in [-0.25, -0.2) is 13.1 Å². The molecule has 3 rings (SSSR count). The lowest BCUT2D eigenvalue weighted by molar-refractivity contribution is 0.307. The normalized spacial score (nSPS) is 21.5. The molecule has 1 saturated carbocycles. The number of sulfonamides is 1. The van der Waals surface area contributed by atoms with Gasteiger partial charge in [0.1, 0.15) is 0 Å². The van der Waals surface area contributed by atoms with Gasteiger partial charge in [0.15, 0.2) is 0 Å². The lowest BCUT2D eigenvalue weighted by atomic mass is 9.84. The molecule has 0 radical (unpaired) electrons. The molecule has 0 aromatic heterocycles. The predicted octanol–water partition coefficient (Wildman–Crippen LogP) is 2.40. The fraction of sp³-hybridized carbons (Fsp3) is 0.625. The Morgan fingerprint density at radius 2 is 2.00 bits per heavy atom. The quantitative estimate of drug-likeness (QED) is 0.833. The summed E-state index contributed by atoms with van der Waals surface area (Å²) in [6.07, 6.45) is 5.49. The maximum absolute atomic E-state index is 12.1. The number of benzene rings is 1. The van der Waals surface area contributed by atoms with Crippen molar-refractivity contribution in [2.24, 2.45) is 5.92 Å². The number of fused-ring (bicyclic) bond motifs is 1. The van der Waals surface area contributed by atoms with Crippen LogP contribution in [0.2, 0.25) is 0 Å². The van der Waals surface area contributed by atoms with Gasteiger partial charge in [0.2, 0.25) is 10.0 Å². The van der Waals surface area contributed by atoms with Crippen LogP contribution >= 0.6 is 12.4 Å². The van der Waals surface area contributed by atoms with Gasteiger partial charge in [0.25, 0.3) is 0 Å². The Kier molecular flexibility index (Phi) is 6.26. The molecule has 2 N–H and O–H groups in total. The molecule has 0 saturated heterocycles. The van der Waals surface area contributed by atoms with Crippen LogP contribution in [0.25, 0.3) is 0 Å². The van der Waals surface area contributed by atoms with Gasteiger partial charge in [-0.15, -0.1) is 12.4 Å². The molecule has 1 unspecified atom stereocenters. The Balaban J connectivity index is 0.00000176. The van der Waals surface area contributed by atoms with E-state index >= 15 is 0 Å². The van der Waals surface area contributed by atoms with Crippen molar-refractivity contribution < 1.29 is 8.42 Å². The molecule has 6 heteroatoms. The van der Waals surface area contributed by atoms with Crippen LogP contribution in [0.15, 0.2) is 24.3 Å². The zero-order valence-electron chi connectivity index (χ0n) is 12.8. The first-order valence-electron chi connectivity index (χ1n) is 7.92. The lowest BCUT2D eigenvalue weighted by Crippen LogP contribution is -2.39. The summed E-state index contributed by atoms with van der Waals surface area (Å²) in [5, 5.41) is 3.41. The first kappa shape index (κ1) is 17.7. The average molecular weight is 345 g/mol. The van der Waals surface area contributed by atoms with Gasteiger partial charge in [-0.1, -0.05) is 43.5 Å². The molecule has 1 aromatic rings. The summed E-state index contributed by atoms with van der Waals surface area (Å²) in [6, 6.07) is 8.38. The highest BCUT2D eigenvalue weighted by Crippen LogP contribution is 2.29. The van der Waals surface area contributed by atoms with Crippen LogP contribution in [0.4, 0.5) is 0 Å². The summed E-state index contributed by atoms with van der Waals surface area (Å²) >= 11 is 0. The highest BCUT2D eigenvalue weighted by atomic mass is 35.5. The number of hydrogen-bond acceptors (Lipinski definition) is 3. The van der Waals surface area contributed by atoms with Crippen LogP contribution in [0.5, 0.6) is 0 Å². The fourth-order valence-electron chi connectivity index (χ4n) is 3.16. The van der Waals surface area contributed by atoms with Gasteiger partial charge in [0, 0.05) is 12.6 Å². The maximum atomic E-state index is 12.1. The van der Waals surface area contributed by atoms with Gasteiger partial charge >= 0.3 is 0 Å². The lowest BCUT2D eigenvalue weighted by Gasteiger charge is -2.28. The minimum Gasteiger partial charge on any atom is -0.308 e. The third-order valence-electron chi connectivity index (χ3n) is 4.74. The Morgan fingerprint density at radius 3 is 2.73 bits per heavy atom. The molecule has 0 amide bonds. The number of hydrogen-bond donors (Lipinski definition) is 2. The third-order valence-corrected chi connectivity index (χ3v) is 6.12. The molecule has 1 atom stereocenters. The second-order valence-corrected chi connectivity index (χ2v) is 8.13. The van der Waals surface area contributed by atoms with Gasteiger partial charge in [-0.05, 0) is 36.4 Å². The molecule has 2 aliphatic rings. The summed E-state index contributed by atoms with van der Waals surface area (Å²) in [7, 11) is -3.14. The van der Waals surface area contributed by atoms with E-state index in [-0.39, 0.29) is 24.2 Å². The fourth-order valence-corrected chi connectivity index (χ4v) is 4.37. The molecule has 1 fully saturated rings. The molecular formula is C16H25ClN2O2S. The van der Waals surface area contributed by atoms with Crippen LogP contribution in [-0.4, -0.2) is 27.3 Å². The van der Waals surface area contributed by atoms with Crippen LogP contribution in [0, 0.1) is 5.92 Å². The summed E-state index contributed by atoms with van der Waals surface area (Å²) in [5.41, 5.74) is 2.56. The van der Waals surface area contributed by atoms with Crippen molar-refractivity contribution >= 4 is 22.4 Å². The number of nitrogens with one attached hydrogen (secondary N) is 2. The smallest absolute Gasteiger partial charge is 0.211 e. The summed E-state index contributed by atoms with van der Waals surface area (Å²) in [4.78, 5) is 0.